The Balaban J connectivity index is 2.04. The van der Waals surface area contributed by atoms with Crippen LogP contribution in [0.4, 0.5) is 17.6 Å². The molecule has 0 amide bonds. The average molecular weight is 375 g/mol. The molecule has 0 radical (unpaired) electrons. The van der Waals surface area contributed by atoms with Crippen LogP contribution in [0.25, 0.3) is 10.8 Å². The first kappa shape index (κ1) is 17.8. The molecule has 2 aromatic carbocycles. The molecule has 0 bridgehead atoms. The van der Waals surface area contributed by atoms with Gasteiger partial charge in [-0.2, -0.15) is 9.97 Å². The minimum absolute atomic E-state index is 0.0767. The molecule has 5 N–H and O–H groups in total. The van der Waals surface area contributed by atoms with Crippen molar-refractivity contribution < 1.29 is 9.53 Å². The lowest BCUT2D eigenvalue weighted by atomic mass is 9.80. The molecule has 28 heavy (non-hydrogen) atoms. The van der Waals surface area contributed by atoms with Crippen LogP contribution in [0.15, 0.2) is 53.7 Å². The van der Waals surface area contributed by atoms with Gasteiger partial charge in [-0.15, -0.1) is 0 Å². The van der Waals surface area contributed by atoms with Crippen molar-refractivity contribution in [1.82, 2.24) is 9.97 Å². The van der Waals surface area contributed by atoms with Gasteiger partial charge in [0.1, 0.15) is 11.6 Å². The van der Waals surface area contributed by atoms with Crippen molar-refractivity contribution in [2.75, 3.05) is 23.4 Å². The van der Waals surface area contributed by atoms with Crippen molar-refractivity contribution in [3.8, 4) is 0 Å². The van der Waals surface area contributed by atoms with Gasteiger partial charge in [-0.05, 0) is 30.2 Å². The maximum Gasteiger partial charge on any atom is 0.336 e. The summed E-state index contributed by atoms with van der Waals surface area (Å²) < 4.78 is 5.35. The largest absolute Gasteiger partial charge is 0.463 e. The lowest BCUT2D eigenvalue weighted by molar-refractivity contribution is -0.138. The molecule has 0 spiro atoms. The van der Waals surface area contributed by atoms with E-state index in [4.69, 9.17) is 16.2 Å². The van der Waals surface area contributed by atoms with Gasteiger partial charge >= 0.3 is 5.97 Å². The number of benzene rings is 2. The molecule has 1 aliphatic heterocycles. The fourth-order valence-corrected chi connectivity index (χ4v) is 3.78. The Morgan fingerprint density at radius 2 is 1.89 bits per heavy atom. The first-order valence-corrected chi connectivity index (χ1v) is 9.06. The molecule has 2 heterocycles. The summed E-state index contributed by atoms with van der Waals surface area (Å²) in [4.78, 5) is 21.3. The number of nitrogen functional groups attached to an aromatic ring is 2. The number of fused-ring (bicyclic) bond motifs is 2. The number of ether oxygens (including phenoxy) is 1. The summed E-state index contributed by atoms with van der Waals surface area (Å²) in [5, 5.41) is 5.23. The van der Waals surface area contributed by atoms with Gasteiger partial charge in [-0.25, -0.2) is 4.79 Å². The molecule has 7 nitrogen and oxygen atoms in total. The second kappa shape index (κ2) is 6.84. The van der Waals surface area contributed by atoms with Gasteiger partial charge in [0.05, 0.1) is 18.1 Å². The molecule has 0 saturated carbocycles. The highest BCUT2D eigenvalue weighted by molar-refractivity contribution is 5.97. The molecule has 0 aliphatic carbocycles. The summed E-state index contributed by atoms with van der Waals surface area (Å²) >= 11 is 0. The first-order chi connectivity index (χ1) is 13.5. The SMILES string of the molecule is CCOC(=O)C1=C(C)Nc2nc(N)nc(N)c2C1c1cccc2ccccc12. The third-order valence-corrected chi connectivity index (χ3v) is 4.91. The van der Waals surface area contributed by atoms with Crippen LogP contribution in [0.3, 0.4) is 0 Å². The fraction of sp³-hybridized carbons (Fsp3) is 0.190. The van der Waals surface area contributed by atoms with E-state index in [1.807, 2.05) is 49.4 Å². The molecule has 4 rings (SSSR count). The van der Waals surface area contributed by atoms with Crippen molar-refractivity contribution in [2.45, 2.75) is 19.8 Å². The van der Waals surface area contributed by atoms with Gasteiger partial charge in [-0.1, -0.05) is 42.5 Å². The minimum Gasteiger partial charge on any atom is -0.463 e. The van der Waals surface area contributed by atoms with Crippen LogP contribution < -0.4 is 16.8 Å². The van der Waals surface area contributed by atoms with Crippen LogP contribution in [0, 0.1) is 0 Å². The molecular weight excluding hydrogens is 354 g/mol. The predicted octanol–water partition coefficient (Wildman–Crippen LogP) is 3.19. The van der Waals surface area contributed by atoms with E-state index in [1.54, 1.807) is 6.92 Å². The second-order valence-corrected chi connectivity index (χ2v) is 6.61. The van der Waals surface area contributed by atoms with Crippen LogP contribution in [0.5, 0.6) is 0 Å². The van der Waals surface area contributed by atoms with E-state index in [-0.39, 0.29) is 18.4 Å². The Hall–Kier alpha value is -3.61. The quantitative estimate of drug-likeness (QED) is 0.602. The number of hydrogen-bond acceptors (Lipinski definition) is 7. The van der Waals surface area contributed by atoms with Gasteiger partial charge in [0, 0.05) is 11.3 Å². The molecule has 1 aliphatic rings. The summed E-state index contributed by atoms with van der Waals surface area (Å²) in [6.45, 7) is 3.88. The molecule has 0 saturated heterocycles. The third kappa shape index (κ3) is 2.81. The zero-order chi connectivity index (χ0) is 19.8. The Labute approximate surface area is 162 Å². The summed E-state index contributed by atoms with van der Waals surface area (Å²) in [6, 6.07) is 14.0. The standard InChI is InChI=1S/C21H21N5O2/c1-3-28-20(27)15-11(2)24-19-17(18(22)25-21(23)26-19)16(15)14-10-6-8-12-7-4-5-9-13(12)14/h4-10,16H,3H2,1-2H3,(H5,22,23,24,25,26). The van der Waals surface area contributed by atoms with E-state index in [2.05, 4.69) is 15.3 Å². The summed E-state index contributed by atoms with van der Waals surface area (Å²) in [5.41, 5.74) is 14.7. The van der Waals surface area contributed by atoms with Crippen molar-refractivity contribution in [2.24, 2.45) is 0 Å². The Kier molecular flexibility index (Phi) is 4.35. The lowest BCUT2D eigenvalue weighted by Crippen LogP contribution is -2.27. The van der Waals surface area contributed by atoms with Crippen LogP contribution >= 0.6 is 0 Å². The first-order valence-electron chi connectivity index (χ1n) is 9.06. The van der Waals surface area contributed by atoms with Gasteiger partial charge in [0.25, 0.3) is 0 Å². The summed E-state index contributed by atoms with van der Waals surface area (Å²) in [5.74, 6) is -0.0437. The number of carbonyl (C=O) groups is 1. The maximum atomic E-state index is 12.9. The van der Waals surface area contributed by atoms with Crippen molar-refractivity contribution in [3.63, 3.8) is 0 Å². The number of carbonyl (C=O) groups excluding carboxylic acids is 1. The Bertz CT molecular complexity index is 1120. The molecule has 0 fully saturated rings. The van der Waals surface area contributed by atoms with E-state index >= 15 is 0 Å². The number of allylic oxidation sites excluding steroid dienone is 1. The normalized spacial score (nSPS) is 15.9. The average Bonchev–Trinajstić information content (AvgIpc) is 2.66. The molecule has 142 valence electrons. The number of hydrogen-bond donors (Lipinski definition) is 3. The maximum absolute atomic E-state index is 12.9. The van der Waals surface area contributed by atoms with E-state index in [0.717, 1.165) is 16.3 Å². The van der Waals surface area contributed by atoms with Gasteiger partial charge in [0.15, 0.2) is 0 Å². The highest BCUT2D eigenvalue weighted by Gasteiger charge is 2.36. The molecule has 7 heteroatoms. The second-order valence-electron chi connectivity index (χ2n) is 6.61. The van der Waals surface area contributed by atoms with Gasteiger partial charge in [0.2, 0.25) is 5.95 Å². The van der Waals surface area contributed by atoms with Gasteiger partial charge < -0.3 is 21.5 Å². The zero-order valence-corrected chi connectivity index (χ0v) is 15.7. The third-order valence-electron chi connectivity index (χ3n) is 4.91. The van der Waals surface area contributed by atoms with E-state index in [0.29, 0.717) is 22.7 Å². The molecular formula is C21H21N5O2. The predicted molar refractivity (Wildman–Crippen MR) is 110 cm³/mol. The molecule has 3 aromatic rings. The summed E-state index contributed by atoms with van der Waals surface area (Å²) in [7, 11) is 0. The summed E-state index contributed by atoms with van der Waals surface area (Å²) in [6.07, 6.45) is 0. The number of nitrogens with one attached hydrogen (secondary N) is 1. The monoisotopic (exact) mass is 375 g/mol. The number of nitrogens with two attached hydrogens (primary N) is 2. The Morgan fingerprint density at radius 3 is 2.68 bits per heavy atom. The number of esters is 1. The van der Waals surface area contributed by atoms with Gasteiger partial charge in [-0.3, -0.25) is 0 Å². The van der Waals surface area contributed by atoms with E-state index < -0.39 is 11.9 Å². The number of rotatable bonds is 3. The smallest absolute Gasteiger partial charge is 0.336 e. The molecule has 1 aromatic heterocycles. The van der Waals surface area contributed by atoms with Crippen LogP contribution in [0.1, 0.15) is 30.9 Å². The Morgan fingerprint density at radius 1 is 1.14 bits per heavy atom. The van der Waals surface area contributed by atoms with Crippen molar-refractivity contribution >= 4 is 34.3 Å². The lowest BCUT2D eigenvalue weighted by Gasteiger charge is -2.30. The number of aromatic nitrogens is 2. The number of anilines is 3. The van der Waals surface area contributed by atoms with Crippen molar-refractivity contribution in [3.05, 3.63) is 64.9 Å². The van der Waals surface area contributed by atoms with E-state index in [1.165, 1.54) is 0 Å². The highest BCUT2D eigenvalue weighted by Crippen LogP contribution is 2.45. The molecule has 1 atom stereocenters. The van der Waals surface area contributed by atoms with Crippen LogP contribution in [-0.2, 0) is 9.53 Å². The zero-order valence-electron chi connectivity index (χ0n) is 15.7. The minimum atomic E-state index is -0.470. The van der Waals surface area contributed by atoms with E-state index in [9.17, 15) is 4.79 Å². The van der Waals surface area contributed by atoms with Crippen molar-refractivity contribution in [1.29, 1.82) is 0 Å². The van der Waals surface area contributed by atoms with Crippen LogP contribution in [0.2, 0.25) is 0 Å². The molecule has 1 unspecified atom stereocenters. The topological polar surface area (TPSA) is 116 Å². The van der Waals surface area contributed by atoms with Crippen LogP contribution in [-0.4, -0.2) is 22.5 Å². The number of nitrogens with zero attached hydrogens (tertiary/aromatic N) is 2. The fourth-order valence-electron chi connectivity index (χ4n) is 3.78. The highest BCUT2D eigenvalue weighted by atomic mass is 16.5.